The van der Waals surface area contributed by atoms with Crippen molar-refractivity contribution in [2.45, 2.75) is 5.41 Å². The zero-order valence-corrected chi connectivity index (χ0v) is 33.4. The Bertz CT molecular complexity index is 2690. The van der Waals surface area contributed by atoms with Gasteiger partial charge in [-0.05, 0) is 86.0 Å². The summed E-state index contributed by atoms with van der Waals surface area (Å²) in [6.07, 6.45) is 0. The lowest BCUT2D eigenvalue weighted by Gasteiger charge is -2.38. The molecule has 3 aliphatic rings. The van der Waals surface area contributed by atoms with Crippen molar-refractivity contribution >= 4 is 57.6 Å². The summed E-state index contributed by atoms with van der Waals surface area (Å²) in [5.74, 6) is 0. The third-order valence-electron chi connectivity index (χ3n) is 13.5. The normalized spacial score (nSPS) is 15.4. The molecular formula is C55H38Si2. The van der Waals surface area contributed by atoms with Crippen LogP contribution in [0, 0.1) is 0 Å². The number of hydrogen-bond acceptors (Lipinski definition) is 0. The second-order valence-electron chi connectivity index (χ2n) is 15.8. The van der Waals surface area contributed by atoms with E-state index in [9.17, 15) is 0 Å². The van der Waals surface area contributed by atoms with Crippen molar-refractivity contribution in [3.63, 3.8) is 0 Å². The molecule has 0 radical (unpaired) electrons. The van der Waals surface area contributed by atoms with Gasteiger partial charge in [-0.1, -0.05) is 231 Å². The van der Waals surface area contributed by atoms with Gasteiger partial charge < -0.3 is 0 Å². The first-order chi connectivity index (χ1) is 28.3. The highest BCUT2D eigenvalue weighted by Gasteiger charge is 2.59. The van der Waals surface area contributed by atoms with Gasteiger partial charge in [0.2, 0.25) is 0 Å². The number of hydrogen-bond donors (Lipinski definition) is 0. The maximum absolute atomic E-state index is 3.03. The van der Waals surface area contributed by atoms with Gasteiger partial charge in [0.15, 0.2) is 16.1 Å². The molecule has 2 aliphatic heterocycles. The van der Waals surface area contributed by atoms with Crippen molar-refractivity contribution < 1.29 is 0 Å². The molecule has 0 saturated carbocycles. The number of rotatable bonds is 6. The fraction of sp³-hybridized carbons (Fsp3) is 0.0182. The minimum atomic E-state index is -3.03. The first kappa shape index (κ1) is 32.6. The van der Waals surface area contributed by atoms with E-state index < -0.39 is 21.6 Å². The zero-order chi connectivity index (χ0) is 37.6. The van der Waals surface area contributed by atoms with Crippen LogP contribution in [0.4, 0.5) is 0 Å². The lowest BCUT2D eigenvalue weighted by molar-refractivity contribution is 0.769. The minimum absolute atomic E-state index is 0.509. The van der Waals surface area contributed by atoms with Crippen LogP contribution in [0.3, 0.4) is 0 Å². The SMILES string of the molecule is c1ccc(C2(c3ccccc3)c3cccc4c3-c3c2ccc2c3-c3c(cccc3[Si]2(c2ccccc2)c2ccccc2)[Si]4(c2ccccc2)c2ccccc2)cc1. The highest BCUT2D eigenvalue weighted by molar-refractivity contribution is 7.25. The topological polar surface area (TPSA) is 0 Å². The molecule has 9 aromatic rings. The van der Waals surface area contributed by atoms with Crippen molar-refractivity contribution in [2.24, 2.45) is 0 Å². The first-order valence-electron chi connectivity index (χ1n) is 20.1. The van der Waals surface area contributed by atoms with Crippen LogP contribution in [0.5, 0.6) is 0 Å². The standard InChI is InChI=1S/C55H38Si2/c1-7-21-39(22-8-1)55(40-23-9-2-10-24-40)45-33-19-34-47-51(45)52-46(55)37-38-50-54(52)53-48(56(47,41-25-11-3-12-26-41)42-27-13-4-14-28-42)35-20-36-49(53)57(50,43-29-15-5-16-30-43)44-31-17-6-18-32-44/h1-38H. The van der Waals surface area contributed by atoms with Gasteiger partial charge in [-0.2, -0.15) is 0 Å². The molecule has 2 heterocycles. The van der Waals surface area contributed by atoms with E-state index in [1.807, 2.05) is 0 Å². The second kappa shape index (κ2) is 12.2. The molecule has 2 heteroatoms. The van der Waals surface area contributed by atoms with Crippen LogP contribution in [-0.4, -0.2) is 16.1 Å². The maximum Gasteiger partial charge on any atom is 0.180 e. The lowest BCUT2D eigenvalue weighted by Crippen LogP contribution is -2.76. The molecule has 0 unspecified atom stereocenters. The Labute approximate surface area is 336 Å². The second-order valence-corrected chi connectivity index (χ2v) is 23.3. The molecule has 0 spiro atoms. The van der Waals surface area contributed by atoms with Crippen LogP contribution < -0.4 is 41.5 Å². The summed E-state index contributed by atoms with van der Waals surface area (Å²) in [5.41, 5.74) is 10.7. The van der Waals surface area contributed by atoms with E-state index >= 15 is 0 Å². The summed E-state index contributed by atoms with van der Waals surface area (Å²) in [6, 6.07) is 88.8. The van der Waals surface area contributed by atoms with Crippen molar-refractivity contribution in [3.8, 4) is 22.3 Å². The van der Waals surface area contributed by atoms with Gasteiger partial charge in [0, 0.05) is 0 Å². The Morgan fingerprint density at radius 3 is 0.982 bits per heavy atom. The maximum atomic E-state index is 2.58. The molecule has 0 N–H and O–H groups in total. The minimum Gasteiger partial charge on any atom is -0.0624 e. The predicted molar refractivity (Wildman–Crippen MR) is 244 cm³/mol. The van der Waals surface area contributed by atoms with Crippen LogP contribution in [0.2, 0.25) is 0 Å². The van der Waals surface area contributed by atoms with E-state index in [1.54, 1.807) is 0 Å². The molecule has 57 heavy (non-hydrogen) atoms. The summed E-state index contributed by atoms with van der Waals surface area (Å²) in [7, 11) is -5.87. The molecule has 0 fully saturated rings. The molecule has 1 aliphatic carbocycles. The largest absolute Gasteiger partial charge is 0.180 e. The molecule has 0 atom stereocenters. The van der Waals surface area contributed by atoms with Crippen LogP contribution in [0.25, 0.3) is 22.3 Å². The van der Waals surface area contributed by atoms with Gasteiger partial charge in [0.05, 0.1) is 5.41 Å². The van der Waals surface area contributed by atoms with E-state index in [4.69, 9.17) is 0 Å². The van der Waals surface area contributed by atoms with Crippen molar-refractivity contribution in [3.05, 3.63) is 253 Å². The smallest absolute Gasteiger partial charge is 0.0624 e. The van der Waals surface area contributed by atoms with Crippen molar-refractivity contribution in [1.29, 1.82) is 0 Å². The quantitative estimate of drug-likeness (QED) is 0.159. The summed E-state index contributed by atoms with van der Waals surface area (Å²) in [5, 5.41) is 11.7. The molecular weight excluding hydrogens is 717 g/mol. The van der Waals surface area contributed by atoms with Crippen LogP contribution in [-0.2, 0) is 5.41 Å². The van der Waals surface area contributed by atoms with Gasteiger partial charge in [-0.25, -0.2) is 0 Å². The van der Waals surface area contributed by atoms with Gasteiger partial charge in [-0.3, -0.25) is 0 Å². The molecule has 0 amide bonds. The predicted octanol–water partition coefficient (Wildman–Crippen LogP) is 7.10. The molecule has 0 bridgehead atoms. The first-order valence-corrected chi connectivity index (χ1v) is 24.1. The van der Waals surface area contributed by atoms with E-state index in [2.05, 4.69) is 231 Å². The Hall–Kier alpha value is -6.59. The molecule has 9 aromatic carbocycles. The Morgan fingerprint density at radius 2 is 0.561 bits per heavy atom. The fourth-order valence-corrected chi connectivity index (χ4v) is 22.1. The monoisotopic (exact) mass is 754 g/mol. The Balaban J connectivity index is 1.38. The van der Waals surface area contributed by atoms with E-state index in [0.717, 1.165) is 0 Å². The van der Waals surface area contributed by atoms with Crippen LogP contribution in [0.15, 0.2) is 231 Å². The molecule has 0 saturated heterocycles. The van der Waals surface area contributed by atoms with E-state index in [1.165, 1.54) is 86.0 Å². The Morgan fingerprint density at radius 1 is 0.228 bits per heavy atom. The summed E-state index contributed by atoms with van der Waals surface area (Å²) in [6.45, 7) is 0. The third kappa shape index (κ3) is 4.01. The van der Waals surface area contributed by atoms with Gasteiger partial charge in [0.1, 0.15) is 0 Å². The van der Waals surface area contributed by atoms with Crippen LogP contribution >= 0.6 is 0 Å². The van der Waals surface area contributed by atoms with Crippen molar-refractivity contribution in [2.75, 3.05) is 0 Å². The average molecular weight is 755 g/mol. The Kier molecular flexibility index (Phi) is 6.99. The average Bonchev–Trinajstić information content (AvgIpc) is 3.74. The molecule has 0 aromatic heterocycles. The summed E-state index contributed by atoms with van der Waals surface area (Å²) >= 11 is 0. The molecule has 0 nitrogen and oxygen atoms in total. The highest BCUT2D eigenvalue weighted by atomic mass is 28.3. The third-order valence-corrected chi connectivity index (χ3v) is 23.2. The summed E-state index contributed by atoms with van der Waals surface area (Å²) in [4.78, 5) is 0. The van der Waals surface area contributed by atoms with Gasteiger partial charge >= 0.3 is 0 Å². The van der Waals surface area contributed by atoms with Gasteiger partial charge in [-0.15, -0.1) is 0 Å². The summed E-state index contributed by atoms with van der Waals surface area (Å²) < 4.78 is 0. The van der Waals surface area contributed by atoms with Gasteiger partial charge in [0.25, 0.3) is 0 Å². The fourth-order valence-electron chi connectivity index (χ4n) is 11.6. The molecule has 266 valence electrons. The highest BCUT2D eigenvalue weighted by Crippen LogP contribution is 2.59. The lowest BCUT2D eigenvalue weighted by atomic mass is 9.67. The van der Waals surface area contributed by atoms with Crippen LogP contribution in [0.1, 0.15) is 22.3 Å². The zero-order valence-electron chi connectivity index (χ0n) is 31.4. The number of benzene rings is 9. The van der Waals surface area contributed by atoms with Crippen molar-refractivity contribution in [1.82, 2.24) is 0 Å². The van der Waals surface area contributed by atoms with E-state index in [-0.39, 0.29) is 0 Å². The van der Waals surface area contributed by atoms with E-state index in [0.29, 0.717) is 0 Å². The molecule has 12 rings (SSSR count).